The Morgan fingerprint density at radius 2 is 1.74 bits per heavy atom. The Balaban J connectivity index is 1.65. The average molecular weight is 467 g/mol. The van der Waals surface area contributed by atoms with Gasteiger partial charge in [0.15, 0.2) is 17.3 Å². The summed E-state index contributed by atoms with van der Waals surface area (Å²) in [7, 11) is -3.90. The van der Waals surface area contributed by atoms with Gasteiger partial charge in [-0.05, 0) is 31.2 Å². The maximum absolute atomic E-state index is 13.0. The van der Waals surface area contributed by atoms with Crippen LogP contribution in [-0.4, -0.2) is 57.5 Å². The first-order chi connectivity index (χ1) is 14.8. The Morgan fingerprint density at radius 3 is 2.42 bits per heavy atom. The van der Waals surface area contributed by atoms with Gasteiger partial charge in [-0.3, -0.25) is 9.59 Å². The van der Waals surface area contributed by atoms with Crippen LogP contribution in [0.15, 0.2) is 35.2 Å². The lowest BCUT2D eigenvalue weighted by molar-refractivity contribution is 0.0730. The molecule has 0 radical (unpaired) electrons. The summed E-state index contributed by atoms with van der Waals surface area (Å²) >= 11 is 6.15. The highest BCUT2D eigenvalue weighted by atomic mass is 35.5. The highest BCUT2D eigenvalue weighted by Crippen LogP contribution is 2.37. The van der Waals surface area contributed by atoms with E-state index in [1.54, 1.807) is 0 Å². The number of ether oxygens (including phenoxy) is 3. The van der Waals surface area contributed by atoms with E-state index in [1.807, 2.05) is 0 Å². The normalized spacial score (nSPS) is 16.2. The van der Waals surface area contributed by atoms with Crippen molar-refractivity contribution in [3.63, 3.8) is 0 Å². The van der Waals surface area contributed by atoms with E-state index in [-0.39, 0.29) is 65.6 Å². The Hall–Kier alpha value is -2.66. The number of carbonyl (C=O) groups is 2. The maximum Gasteiger partial charge on any atom is 0.255 e. The van der Waals surface area contributed by atoms with E-state index < -0.39 is 15.9 Å². The number of benzene rings is 2. The lowest BCUT2D eigenvalue weighted by Crippen LogP contribution is -2.40. The smallest absolute Gasteiger partial charge is 0.255 e. The minimum absolute atomic E-state index is 0.00977. The summed E-state index contributed by atoms with van der Waals surface area (Å²) in [5, 5.41) is 2.66. The van der Waals surface area contributed by atoms with E-state index in [9.17, 15) is 18.0 Å². The molecular formula is C20H19ClN2O7S. The summed E-state index contributed by atoms with van der Waals surface area (Å²) in [6, 6.07) is 6.99. The molecule has 0 bridgehead atoms. The number of sulfonamides is 1. The molecule has 2 aliphatic heterocycles. The van der Waals surface area contributed by atoms with Crippen LogP contribution in [0.3, 0.4) is 0 Å². The van der Waals surface area contributed by atoms with Crippen molar-refractivity contribution in [1.82, 2.24) is 4.31 Å². The summed E-state index contributed by atoms with van der Waals surface area (Å²) < 4.78 is 43.0. The molecular weight excluding hydrogens is 448 g/mol. The number of amides is 1. The molecule has 4 rings (SSSR count). The third kappa shape index (κ3) is 4.24. The molecule has 2 heterocycles. The maximum atomic E-state index is 13.0. The van der Waals surface area contributed by atoms with E-state index in [4.69, 9.17) is 25.8 Å². The molecule has 0 aliphatic carbocycles. The fraction of sp³-hybridized carbons (Fsp3) is 0.300. The number of rotatable bonds is 5. The zero-order chi connectivity index (χ0) is 22.2. The molecule has 0 saturated carbocycles. The van der Waals surface area contributed by atoms with Gasteiger partial charge in [0, 0.05) is 30.3 Å². The topological polar surface area (TPSA) is 111 Å². The Morgan fingerprint density at radius 1 is 1.06 bits per heavy atom. The van der Waals surface area contributed by atoms with Crippen LogP contribution in [0.2, 0.25) is 5.02 Å². The predicted molar refractivity (Wildman–Crippen MR) is 112 cm³/mol. The number of hydrogen-bond donors (Lipinski definition) is 1. The number of morpholine rings is 1. The van der Waals surface area contributed by atoms with E-state index in [0.717, 1.165) is 0 Å². The number of nitrogens with zero attached hydrogens (tertiary/aromatic N) is 1. The number of hydrogen-bond acceptors (Lipinski definition) is 7. The van der Waals surface area contributed by atoms with Crippen LogP contribution in [0, 0.1) is 0 Å². The number of nitrogens with one attached hydrogen (secondary N) is 1. The van der Waals surface area contributed by atoms with Gasteiger partial charge in [0.2, 0.25) is 16.8 Å². The molecule has 1 fully saturated rings. The molecule has 2 aromatic carbocycles. The molecule has 1 N–H and O–H groups in total. The monoisotopic (exact) mass is 466 g/mol. The van der Waals surface area contributed by atoms with Crippen LogP contribution in [0.1, 0.15) is 27.6 Å². The third-order valence-electron chi connectivity index (χ3n) is 4.92. The van der Waals surface area contributed by atoms with Crippen molar-refractivity contribution in [2.45, 2.75) is 11.8 Å². The molecule has 2 aromatic rings. The van der Waals surface area contributed by atoms with Crippen molar-refractivity contribution >= 4 is 39.0 Å². The number of Topliss-reactive ketones (excluding diaryl/α,β-unsaturated/α-hetero) is 1. The van der Waals surface area contributed by atoms with Crippen molar-refractivity contribution in [2.75, 3.05) is 38.4 Å². The lowest BCUT2D eigenvalue weighted by atomic mass is 10.1. The Bertz CT molecular complexity index is 1160. The SMILES string of the molecule is CC(=O)c1cc2c(cc1NC(=O)c1ccc(Cl)c(S(=O)(=O)N3CCOCC3)c1)OCO2. The number of ketones is 1. The first-order valence-electron chi connectivity index (χ1n) is 9.41. The van der Waals surface area contributed by atoms with Crippen molar-refractivity contribution in [1.29, 1.82) is 0 Å². The number of anilines is 1. The number of halogens is 1. The second-order valence-corrected chi connectivity index (χ2v) is 9.24. The molecule has 9 nitrogen and oxygen atoms in total. The van der Waals surface area contributed by atoms with Crippen molar-refractivity contribution in [3.05, 3.63) is 46.5 Å². The van der Waals surface area contributed by atoms with Gasteiger partial charge in [-0.2, -0.15) is 4.31 Å². The van der Waals surface area contributed by atoms with Crippen LogP contribution in [0.4, 0.5) is 5.69 Å². The fourth-order valence-corrected chi connectivity index (χ4v) is 5.21. The molecule has 1 saturated heterocycles. The minimum atomic E-state index is -3.90. The minimum Gasteiger partial charge on any atom is -0.454 e. The number of carbonyl (C=O) groups excluding carboxylic acids is 2. The molecule has 31 heavy (non-hydrogen) atoms. The van der Waals surface area contributed by atoms with Gasteiger partial charge < -0.3 is 19.5 Å². The van der Waals surface area contributed by atoms with Gasteiger partial charge >= 0.3 is 0 Å². The fourth-order valence-electron chi connectivity index (χ4n) is 3.30. The summed E-state index contributed by atoms with van der Waals surface area (Å²) in [6.45, 7) is 2.36. The zero-order valence-corrected chi connectivity index (χ0v) is 18.1. The van der Waals surface area contributed by atoms with Crippen molar-refractivity contribution in [3.8, 4) is 11.5 Å². The molecule has 0 spiro atoms. The summed E-state index contributed by atoms with van der Waals surface area (Å²) in [5.41, 5.74) is 0.547. The highest BCUT2D eigenvalue weighted by Gasteiger charge is 2.29. The van der Waals surface area contributed by atoms with Crippen molar-refractivity contribution < 1.29 is 32.2 Å². The summed E-state index contributed by atoms with van der Waals surface area (Å²) in [6.07, 6.45) is 0. The standard InChI is InChI=1S/C20H19ClN2O7S/c1-12(24)14-9-17-18(30-11-29-17)10-16(14)22-20(25)13-2-3-15(21)19(8-13)31(26,27)23-4-6-28-7-5-23/h2-3,8-10H,4-7,11H2,1H3,(H,22,25). The lowest BCUT2D eigenvalue weighted by Gasteiger charge is -2.26. The van der Waals surface area contributed by atoms with Gasteiger partial charge in [0.05, 0.1) is 23.9 Å². The average Bonchev–Trinajstić information content (AvgIpc) is 3.21. The van der Waals surface area contributed by atoms with Gasteiger partial charge in [-0.1, -0.05) is 11.6 Å². The second-order valence-electron chi connectivity index (χ2n) is 6.92. The highest BCUT2D eigenvalue weighted by molar-refractivity contribution is 7.89. The van der Waals surface area contributed by atoms with E-state index in [0.29, 0.717) is 11.5 Å². The largest absolute Gasteiger partial charge is 0.454 e. The second kappa shape index (κ2) is 8.46. The molecule has 164 valence electrons. The zero-order valence-electron chi connectivity index (χ0n) is 16.5. The van der Waals surface area contributed by atoms with Gasteiger partial charge in [0.1, 0.15) is 4.90 Å². The molecule has 0 unspecified atom stereocenters. The van der Waals surface area contributed by atoms with Crippen LogP contribution < -0.4 is 14.8 Å². The summed E-state index contributed by atoms with van der Waals surface area (Å²) in [4.78, 5) is 24.8. The first kappa shape index (κ1) is 21.6. The third-order valence-corrected chi connectivity index (χ3v) is 7.30. The molecule has 2 aliphatic rings. The van der Waals surface area contributed by atoms with Gasteiger partial charge in [-0.15, -0.1) is 0 Å². The van der Waals surface area contributed by atoms with E-state index in [1.165, 1.54) is 41.6 Å². The molecule has 11 heteroatoms. The van der Waals surface area contributed by atoms with E-state index >= 15 is 0 Å². The van der Waals surface area contributed by atoms with Crippen LogP contribution in [0.25, 0.3) is 0 Å². The predicted octanol–water partition coefficient (Wildman–Crippen LogP) is 2.54. The summed E-state index contributed by atoms with van der Waals surface area (Å²) in [5.74, 6) is -0.0719. The Labute approximate surface area is 183 Å². The van der Waals surface area contributed by atoms with Crippen LogP contribution >= 0.6 is 11.6 Å². The van der Waals surface area contributed by atoms with E-state index in [2.05, 4.69) is 5.32 Å². The van der Waals surface area contributed by atoms with Crippen molar-refractivity contribution in [2.24, 2.45) is 0 Å². The number of fused-ring (bicyclic) bond motifs is 1. The quantitative estimate of drug-likeness (QED) is 0.674. The van der Waals surface area contributed by atoms with Gasteiger partial charge in [-0.25, -0.2) is 8.42 Å². The molecule has 1 amide bonds. The van der Waals surface area contributed by atoms with Gasteiger partial charge in [0.25, 0.3) is 5.91 Å². The van der Waals surface area contributed by atoms with Crippen LogP contribution in [0.5, 0.6) is 11.5 Å². The van der Waals surface area contributed by atoms with Crippen LogP contribution in [-0.2, 0) is 14.8 Å². The first-order valence-corrected chi connectivity index (χ1v) is 11.2. The molecule has 0 aromatic heterocycles. The molecule has 0 atom stereocenters. The Kier molecular flexibility index (Phi) is 5.89.